The molecule has 0 bridgehead atoms. The van der Waals surface area contributed by atoms with Crippen LogP contribution in [0.15, 0.2) is 18.2 Å². The Morgan fingerprint density at radius 2 is 2.06 bits per heavy atom. The second kappa shape index (κ2) is 4.76. The first-order valence-electron chi connectivity index (χ1n) is 5.68. The van der Waals surface area contributed by atoms with E-state index in [4.69, 9.17) is 0 Å². The van der Waals surface area contributed by atoms with Crippen LogP contribution in [-0.2, 0) is 6.18 Å². The highest BCUT2D eigenvalue weighted by molar-refractivity contribution is 5.48. The van der Waals surface area contributed by atoms with E-state index in [1.807, 2.05) is 7.05 Å². The van der Waals surface area contributed by atoms with Crippen molar-refractivity contribution in [3.63, 3.8) is 0 Å². The lowest BCUT2D eigenvalue weighted by molar-refractivity contribution is -0.139. The number of rotatable bonds is 2. The first kappa shape index (κ1) is 13.1. The van der Waals surface area contributed by atoms with Gasteiger partial charge in [-0.05, 0) is 38.2 Å². The maximum atomic E-state index is 13.1. The molecule has 1 aromatic carbocycles. The average Bonchev–Trinajstić information content (AvgIpc) is 2.65. The van der Waals surface area contributed by atoms with E-state index in [0.717, 1.165) is 31.6 Å². The van der Waals surface area contributed by atoms with E-state index in [2.05, 4.69) is 10.2 Å². The third-order valence-corrected chi connectivity index (χ3v) is 3.03. The molecule has 2 nitrogen and oxygen atoms in total. The standard InChI is InChI=1S/C12H14F4N2/c1-18-5-4-9(7-18)17-8-2-3-11(13)10(6-8)12(14,15)16/h2-3,6,9,17H,4-5,7H2,1H3. The molecule has 0 radical (unpaired) electrons. The van der Waals surface area contributed by atoms with Gasteiger partial charge in [-0.15, -0.1) is 0 Å². The van der Waals surface area contributed by atoms with Gasteiger partial charge >= 0.3 is 6.18 Å². The van der Waals surface area contributed by atoms with Crippen molar-refractivity contribution in [2.45, 2.75) is 18.6 Å². The van der Waals surface area contributed by atoms with Gasteiger partial charge in [-0.3, -0.25) is 0 Å². The molecule has 1 N–H and O–H groups in total. The molecule has 1 aliphatic heterocycles. The van der Waals surface area contributed by atoms with Gasteiger partial charge in [-0.25, -0.2) is 4.39 Å². The number of anilines is 1. The number of alkyl halides is 3. The van der Waals surface area contributed by atoms with E-state index in [1.54, 1.807) is 0 Å². The molecule has 1 aliphatic rings. The van der Waals surface area contributed by atoms with Gasteiger partial charge in [0.15, 0.2) is 0 Å². The molecule has 0 amide bonds. The Morgan fingerprint density at radius 1 is 1.33 bits per heavy atom. The lowest BCUT2D eigenvalue weighted by atomic mass is 10.1. The number of likely N-dealkylation sites (N-methyl/N-ethyl adjacent to an activating group) is 1. The zero-order valence-electron chi connectivity index (χ0n) is 9.89. The van der Waals surface area contributed by atoms with Crippen molar-refractivity contribution in [3.8, 4) is 0 Å². The van der Waals surface area contributed by atoms with Crippen LogP contribution in [0.1, 0.15) is 12.0 Å². The number of nitrogens with zero attached hydrogens (tertiary/aromatic N) is 1. The number of benzene rings is 1. The fraction of sp³-hybridized carbons (Fsp3) is 0.500. The molecule has 1 saturated heterocycles. The van der Waals surface area contributed by atoms with Crippen LogP contribution in [-0.4, -0.2) is 31.1 Å². The van der Waals surface area contributed by atoms with Gasteiger partial charge in [0.2, 0.25) is 0 Å². The van der Waals surface area contributed by atoms with Crippen molar-refractivity contribution in [1.82, 2.24) is 4.90 Å². The van der Waals surface area contributed by atoms with Crippen LogP contribution in [0.5, 0.6) is 0 Å². The molecule has 6 heteroatoms. The van der Waals surface area contributed by atoms with Crippen LogP contribution in [0, 0.1) is 5.82 Å². The smallest absolute Gasteiger partial charge is 0.381 e. The number of hydrogen-bond donors (Lipinski definition) is 1. The molecule has 100 valence electrons. The van der Waals surface area contributed by atoms with E-state index in [0.29, 0.717) is 5.69 Å². The summed E-state index contributed by atoms with van der Waals surface area (Å²) in [6, 6.07) is 3.13. The Morgan fingerprint density at radius 3 is 2.61 bits per heavy atom. The molecular formula is C12H14F4N2. The average molecular weight is 262 g/mol. The van der Waals surface area contributed by atoms with E-state index in [-0.39, 0.29) is 6.04 Å². The number of hydrogen-bond acceptors (Lipinski definition) is 2. The normalized spacial score (nSPS) is 21.3. The highest BCUT2D eigenvalue weighted by Gasteiger charge is 2.34. The second-order valence-corrected chi connectivity index (χ2v) is 4.58. The molecule has 1 unspecified atom stereocenters. The Bertz CT molecular complexity index is 431. The van der Waals surface area contributed by atoms with Gasteiger partial charge < -0.3 is 10.2 Å². The van der Waals surface area contributed by atoms with Crippen LogP contribution in [0.4, 0.5) is 23.2 Å². The minimum atomic E-state index is -4.66. The fourth-order valence-corrected chi connectivity index (χ4v) is 2.12. The minimum absolute atomic E-state index is 0.113. The molecule has 0 saturated carbocycles. The molecule has 1 atom stereocenters. The predicted octanol–water partition coefficient (Wildman–Crippen LogP) is 2.96. The van der Waals surface area contributed by atoms with Crippen molar-refractivity contribution >= 4 is 5.69 Å². The second-order valence-electron chi connectivity index (χ2n) is 4.58. The van der Waals surface area contributed by atoms with Gasteiger partial charge in [0.25, 0.3) is 0 Å². The van der Waals surface area contributed by atoms with Gasteiger partial charge in [0, 0.05) is 18.3 Å². The summed E-state index contributed by atoms with van der Waals surface area (Å²) in [6.45, 7) is 1.68. The maximum absolute atomic E-state index is 13.1. The Balaban J connectivity index is 2.15. The zero-order chi connectivity index (χ0) is 13.3. The number of nitrogens with one attached hydrogen (secondary N) is 1. The van der Waals surface area contributed by atoms with E-state index < -0.39 is 17.6 Å². The van der Waals surface area contributed by atoms with E-state index in [1.165, 1.54) is 6.07 Å². The lowest BCUT2D eigenvalue weighted by Crippen LogP contribution is -2.23. The highest BCUT2D eigenvalue weighted by atomic mass is 19.4. The number of likely N-dealkylation sites (tertiary alicyclic amines) is 1. The molecule has 1 aromatic rings. The molecule has 0 aliphatic carbocycles. The molecule has 0 spiro atoms. The van der Waals surface area contributed by atoms with E-state index in [9.17, 15) is 17.6 Å². The largest absolute Gasteiger partial charge is 0.419 e. The first-order chi connectivity index (χ1) is 8.36. The van der Waals surface area contributed by atoms with Crippen molar-refractivity contribution in [2.75, 3.05) is 25.5 Å². The van der Waals surface area contributed by atoms with Crippen LogP contribution in [0.25, 0.3) is 0 Å². The molecule has 18 heavy (non-hydrogen) atoms. The van der Waals surface area contributed by atoms with Gasteiger partial charge in [-0.1, -0.05) is 0 Å². The monoisotopic (exact) mass is 262 g/mol. The summed E-state index contributed by atoms with van der Waals surface area (Å²) in [5.41, 5.74) is -0.914. The minimum Gasteiger partial charge on any atom is -0.381 e. The lowest BCUT2D eigenvalue weighted by Gasteiger charge is -2.16. The van der Waals surface area contributed by atoms with Crippen molar-refractivity contribution in [2.24, 2.45) is 0 Å². The van der Waals surface area contributed by atoms with Gasteiger partial charge in [-0.2, -0.15) is 13.2 Å². The van der Waals surface area contributed by atoms with Gasteiger partial charge in [0.1, 0.15) is 5.82 Å². The SMILES string of the molecule is CN1CCC(Nc2ccc(F)c(C(F)(F)F)c2)C1. The number of halogens is 4. The summed E-state index contributed by atoms with van der Waals surface area (Å²) in [4.78, 5) is 2.09. The summed E-state index contributed by atoms with van der Waals surface area (Å²) in [5.74, 6) is -1.24. The Kier molecular flexibility index (Phi) is 3.47. The summed E-state index contributed by atoms with van der Waals surface area (Å²) >= 11 is 0. The highest BCUT2D eigenvalue weighted by Crippen LogP contribution is 2.33. The van der Waals surface area contributed by atoms with Crippen LogP contribution < -0.4 is 5.32 Å². The molecule has 0 aromatic heterocycles. The first-order valence-corrected chi connectivity index (χ1v) is 5.68. The van der Waals surface area contributed by atoms with Crippen LogP contribution in [0.3, 0.4) is 0 Å². The van der Waals surface area contributed by atoms with Crippen LogP contribution in [0.2, 0.25) is 0 Å². The summed E-state index contributed by atoms with van der Waals surface area (Å²) < 4.78 is 50.7. The molecule has 2 rings (SSSR count). The van der Waals surface area contributed by atoms with Crippen LogP contribution >= 0.6 is 0 Å². The predicted molar refractivity (Wildman–Crippen MR) is 60.9 cm³/mol. The van der Waals surface area contributed by atoms with Crippen molar-refractivity contribution in [3.05, 3.63) is 29.6 Å². The Labute approximate surface area is 103 Å². The quantitative estimate of drug-likeness (QED) is 0.824. The topological polar surface area (TPSA) is 15.3 Å². The van der Waals surface area contributed by atoms with Crippen molar-refractivity contribution < 1.29 is 17.6 Å². The summed E-state index contributed by atoms with van der Waals surface area (Å²) in [6.07, 6.45) is -3.79. The molecular weight excluding hydrogens is 248 g/mol. The summed E-state index contributed by atoms with van der Waals surface area (Å²) in [7, 11) is 1.95. The molecule has 1 heterocycles. The third-order valence-electron chi connectivity index (χ3n) is 3.03. The van der Waals surface area contributed by atoms with E-state index >= 15 is 0 Å². The van der Waals surface area contributed by atoms with Gasteiger partial charge in [0.05, 0.1) is 5.56 Å². The Hall–Kier alpha value is -1.30. The molecule has 1 fully saturated rings. The summed E-state index contributed by atoms with van der Waals surface area (Å²) in [5, 5.41) is 3.00. The third kappa shape index (κ3) is 2.93. The maximum Gasteiger partial charge on any atom is 0.419 e. The zero-order valence-corrected chi connectivity index (χ0v) is 9.89. The van der Waals surface area contributed by atoms with Crippen molar-refractivity contribution in [1.29, 1.82) is 0 Å². The fourth-order valence-electron chi connectivity index (χ4n) is 2.12.